The van der Waals surface area contributed by atoms with E-state index >= 15 is 0 Å². The molecule has 1 aromatic carbocycles. The molecule has 1 aliphatic heterocycles. The Morgan fingerprint density at radius 3 is 2.71 bits per heavy atom. The summed E-state index contributed by atoms with van der Waals surface area (Å²) < 4.78 is 18.3. The van der Waals surface area contributed by atoms with E-state index in [1.807, 2.05) is 0 Å². The van der Waals surface area contributed by atoms with Gasteiger partial charge in [0.15, 0.2) is 0 Å². The summed E-state index contributed by atoms with van der Waals surface area (Å²) in [5.74, 6) is 0.0367. The Hall–Kier alpha value is -1.90. The van der Waals surface area contributed by atoms with Crippen LogP contribution >= 0.6 is 23.1 Å². The van der Waals surface area contributed by atoms with Crippen LogP contribution in [-0.4, -0.2) is 41.7 Å². The number of nitrogens with zero attached hydrogens (tertiary/aromatic N) is 1. The van der Waals surface area contributed by atoms with E-state index in [4.69, 9.17) is 4.74 Å². The Morgan fingerprint density at radius 2 is 2.03 bits per heavy atom. The number of ether oxygens (including phenoxy) is 1. The maximum Gasteiger partial charge on any atom is 0.341 e. The van der Waals surface area contributed by atoms with Crippen molar-refractivity contribution in [2.75, 3.05) is 24.2 Å². The molecule has 1 amide bonds. The van der Waals surface area contributed by atoms with Crippen molar-refractivity contribution in [1.82, 2.24) is 4.90 Å². The van der Waals surface area contributed by atoms with E-state index in [0.717, 1.165) is 40.6 Å². The fourth-order valence-electron chi connectivity index (χ4n) is 3.51. The lowest BCUT2D eigenvalue weighted by Gasteiger charge is -2.30. The molecular formula is C23H29FN2O3S2. The zero-order valence-electron chi connectivity index (χ0n) is 18.2. The molecule has 0 saturated heterocycles. The number of halogens is 1. The first-order chi connectivity index (χ1) is 14.9. The first-order valence-corrected chi connectivity index (χ1v) is 12.4. The van der Waals surface area contributed by atoms with Crippen LogP contribution in [0.4, 0.5) is 9.39 Å². The van der Waals surface area contributed by atoms with Crippen LogP contribution < -0.4 is 5.32 Å². The van der Waals surface area contributed by atoms with Gasteiger partial charge in [-0.2, -0.15) is 0 Å². The number of rotatable bonds is 9. The number of nitrogens with one attached hydrogen (secondary N) is 1. The topological polar surface area (TPSA) is 58.6 Å². The fraction of sp³-hybridized carbons (Fsp3) is 0.478. The van der Waals surface area contributed by atoms with E-state index in [0.29, 0.717) is 36.1 Å². The molecule has 0 saturated carbocycles. The second-order valence-corrected chi connectivity index (χ2v) is 9.97. The predicted octanol–water partition coefficient (Wildman–Crippen LogP) is 5.34. The molecule has 2 heterocycles. The molecule has 0 unspecified atom stereocenters. The summed E-state index contributed by atoms with van der Waals surface area (Å²) in [6, 6.07) is 6.78. The van der Waals surface area contributed by atoms with E-state index in [2.05, 4.69) is 24.1 Å². The van der Waals surface area contributed by atoms with Crippen LogP contribution in [-0.2, 0) is 22.5 Å². The van der Waals surface area contributed by atoms with Crippen molar-refractivity contribution in [3.63, 3.8) is 0 Å². The van der Waals surface area contributed by atoms with E-state index in [1.165, 1.54) is 23.5 Å². The normalized spacial score (nSPS) is 13.8. The third-order valence-corrected chi connectivity index (χ3v) is 7.41. The van der Waals surface area contributed by atoms with Crippen molar-refractivity contribution in [2.24, 2.45) is 0 Å². The average molecular weight is 465 g/mol. The van der Waals surface area contributed by atoms with Crippen LogP contribution in [0.1, 0.15) is 54.4 Å². The minimum absolute atomic E-state index is 0.107. The molecule has 2 aromatic rings. The van der Waals surface area contributed by atoms with Gasteiger partial charge in [-0.25, -0.2) is 9.18 Å². The van der Waals surface area contributed by atoms with Gasteiger partial charge in [-0.05, 0) is 69.2 Å². The van der Waals surface area contributed by atoms with E-state index in [1.54, 1.807) is 30.8 Å². The van der Waals surface area contributed by atoms with Gasteiger partial charge in [0.2, 0.25) is 5.91 Å². The molecule has 31 heavy (non-hydrogen) atoms. The molecule has 0 atom stereocenters. The van der Waals surface area contributed by atoms with Crippen LogP contribution in [0, 0.1) is 5.82 Å². The number of thiophene rings is 1. The van der Waals surface area contributed by atoms with Crippen LogP contribution in [0.3, 0.4) is 0 Å². The molecule has 1 aliphatic rings. The highest BCUT2D eigenvalue weighted by Crippen LogP contribution is 2.38. The molecule has 8 heteroatoms. The average Bonchev–Trinajstić information content (AvgIpc) is 3.09. The third kappa shape index (κ3) is 6.30. The maximum absolute atomic E-state index is 13.0. The number of carbonyl (C=O) groups excluding carboxylic acids is 2. The van der Waals surface area contributed by atoms with E-state index in [-0.39, 0.29) is 17.7 Å². The van der Waals surface area contributed by atoms with Gasteiger partial charge < -0.3 is 10.1 Å². The summed E-state index contributed by atoms with van der Waals surface area (Å²) in [6.45, 7) is 8.09. The summed E-state index contributed by atoms with van der Waals surface area (Å²) in [5, 5.41) is 3.56. The highest BCUT2D eigenvalue weighted by Gasteiger charge is 2.30. The van der Waals surface area contributed by atoms with Gasteiger partial charge in [0.25, 0.3) is 0 Å². The highest BCUT2D eigenvalue weighted by atomic mass is 32.2. The molecule has 1 N–H and O–H groups in total. The summed E-state index contributed by atoms with van der Waals surface area (Å²) in [5.41, 5.74) is 1.54. The summed E-state index contributed by atoms with van der Waals surface area (Å²) in [6.07, 6.45) is 1.83. The molecule has 0 radical (unpaired) electrons. The molecule has 0 spiro atoms. The van der Waals surface area contributed by atoms with Gasteiger partial charge in [-0.1, -0.05) is 0 Å². The lowest BCUT2D eigenvalue weighted by Crippen LogP contribution is -2.35. The zero-order chi connectivity index (χ0) is 22.4. The third-order valence-electron chi connectivity index (χ3n) is 5.18. The molecular weight excluding hydrogens is 435 g/mol. The molecule has 0 fully saturated rings. The van der Waals surface area contributed by atoms with Crippen molar-refractivity contribution in [3.8, 4) is 0 Å². The van der Waals surface area contributed by atoms with Gasteiger partial charge in [0, 0.05) is 35.3 Å². The monoisotopic (exact) mass is 464 g/mol. The summed E-state index contributed by atoms with van der Waals surface area (Å²) >= 11 is 3.08. The second kappa shape index (κ2) is 11.1. The number of fused-ring (bicyclic) bond motifs is 1. The number of hydrogen-bond acceptors (Lipinski definition) is 6. The molecule has 0 aliphatic carbocycles. The Morgan fingerprint density at radius 1 is 1.29 bits per heavy atom. The summed E-state index contributed by atoms with van der Waals surface area (Å²) in [4.78, 5) is 29.7. The number of hydrogen-bond donors (Lipinski definition) is 1. The van der Waals surface area contributed by atoms with Crippen LogP contribution in [0.25, 0.3) is 0 Å². The Kier molecular flexibility index (Phi) is 8.51. The number of anilines is 1. The number of benzene rings is 1. The fourth-order valence-corrected chi connectivity index (χ4v) is 5.64. The van der Waals surface area contributed by atoms with Gasteiger partial charge in [0.05, 0.1) is 12.2 Å². The smallest absolute Gasteiger partial charge is 0.341 e. The van der Waals surface area contributed by atoms with Crippen LogP contribution in [0.2, 0.25) is 0 Å². The molecule has 5 nitrogen and oxygen atoms in total. The van der Waals surface area contributed by atoms with Crippen LogP contribution in [0.15, 0.2) is 29.2 Å². The lowest BCUT2D eigenvalue weighted by molar-refractivity contribution is -0.116. The minimum Gasteiger partial charge on any atom is -0.462 e. The minimum atomic E-state index is -0.361. The molecule has 0 bridgehead atoms. The molecule has 168 valence electrons. The van der Waals surface area contributed by atoms with Gasteiger partial charge in [-0.15, -0.1) is 23.1 Å². The Bertz CT molecular complexity index is 912. The van der Waals surface area contributed by atoms with Crippen molar-refractivity contribution in [2.45, 2.75) is 57.5 Å². The van der Waals surface area contributed by atoms with Crippen LogP contribution in [0.5, 0.6) is 0 Å². The second-order valence-electron chi connectivity index (χ2n) is 7.70. The quantitative estimate of drug-likeness (QED) is 0.308. The maximum atomic E-state index is 13.0. The first kappa shape index (κ1) is 23.8. The Labute approximate surface area is 191 Å². The lowest BCUT2D eigenvalue weighted by atomic mass is 10.0. The Balaban J connectivity index is 1.62. The predicted molar refractivity (Wildman–Crippen MR) is 125 cm³/mol. The van der Waals surface area contributed by atoms with Crippen molar-refractivity contribution < 1.29 is 18.7 Å². The van der Waals surface area contributed by atoms with Crippen molar-refractivity contribution >= 4 is 40.0 Å². The first-order valence-electron chi connectivity index (χ1n) is 10.6. The van der Waals surface area contributed by atoms with Crippen molar-refractivity contribution in [3.05, 3.63) is 46.1 Å². The van der Waals surface area contributed by atoms with E-state index < -0.39 is 0 Å². The molecule has 1 aromatic heterocycles. The number of esters is 1. The zero-order valence-corrected chi connectivity index (χ0v) is 19.8. The summed E-state index contributed by atoms with van der Waals surface area (Å²) in [7, 11) is 0. The standard InChI is InChI=1S/C23H29FN2O3S2/c1-4-29-23(28)21-18-11-12-26(15(2)3)14-19(18)31-22(21)25-20(27)6-5-13-30-17-9-7-16(24)8-10-17/h7-10,15H,4-6,11-14H2,1-3H3,(H,25,27). The van der Waals surface area contributed by atoms with Crippen molar-refractivity contribution in [1.29, 1.82) is 0 Å². The van der Waals surface area contributed by atoms with E-state index in [9.17, 15) is 14.0 Å². The highest BCUT2D eigenvalue weighted by molar-refractivity contribution is 7.99. The number of amides is 1. The van der Waals surface area contributed by atoms with Gasteiger partial charge >= 0.3 is 5.97 Å². The number of thioether (sulfide) groups is 1. The SMILES string of the molecule is CCOC(=O)c1c(NC(=O)CCCSc2ccc(F)cc2)sc2c1CCN(C(C)C)C2. The number of carbonyl (C=O) groups is 2. The molecule has 3 rings (SSSR count). The van der Waals surface area contributed by atoms with Gasteiger partial charge in [-0.3, -0.25) is 9.69 Å². The van der Waals surface area contributed by atoms with Gasteiger partial charge in [0.1, 0.15) is 10.8 Å². The largest absolute Gasteiger partial charge is 0.462 e.